The maximum Gasteiger partial charge on any atom is 0.264 e. The molecule has 1 atom stereocenters. The molecule has 1 aromatic heterocycles. The van der Waals surface area contributed by atoms with Gasteiger partial charge in [-0.3, -0.25) is 4.31 Å². The molecule has 4 aromatic carbocycles. The standard InChI is InChI=1S/C27H22Cl2N2O3S/c28-19-9-13-21(14-10-19)31(35(33,34)23-15-11-20(29)12-16-23)18-22(32)17-30-26-7-3-1-5-24(26)25-6-2-4-8-27(25)30/h1-16,22,32H,17-18H2. The minimum Gasteiger partial charge on any atom is -0.389 e. The number of nitrogens with zero attached hydrogens (tertiary/aromatic N) is 2. The molecule has 0 bridgehead atoms. The van der Waals surface area contributed by atoms with Crippen LogP contribution in [0.2, 0.25) is 10.0 Å². The number of hydrogen-bond donors (Lipinski definition) is 1. The number of para-hydroxylation sites is 2. The van der Waals surface area contributed by atoms with Crippen LogP contribution in [-0.2, 0) is 16.6 Å². The first-order valence-electron chi connectivity index (χ1n) is 11.0. The Bertz CT molecular complexity index is 1540. The minimum absolute atomic E-state index is 0.0842. The van der Waals surface area contributed by atoms with Crippen molar-refractivity contribution in [3.05, 3.63) is 107 Å². The Kier molecular flexibility index (Phi) is 6.47. The van der Waals surface area contributed by atoms with Crippen molar-refractivity contribution in [3.8, 4) is 0 Å². The number of aromatic nitrogens is 1. The third kappa shape index (κ3) is 4.62. The maximum absolute atomic E-state index is 13.6. The van der Waals surface area contributed by atoms with Crippen molar-refractivity contribution in [2.75, 3.05) is 10.8 Å². The van der Waals surface area contributed by atoms with E-state index in [4.69, 9.17) is 23.2 Å². The molecule has 178 valence electrons. The Hall–Kier alpha value is -3.03. The van der Waals surface area contributed by atoms with E-state index in [2.05, 4.69) is 0 Å². The van der Waals surface area contributed by atoms with E-state index in [1.165, 1.54) is 28.6 Å². The highest BCUT2D eigenvalue weighted by Crippen LogP contribution is 2.30. The Labute approximate surface area is 213 Å². The molecule has 0 spiro atoms. The second kappa shape index (κ2) is 9.55. The molecule has 1 unspecified atom stereocenters. The summed E-state index contributed by atoms with van der Waals surface area (Å²) in [6.07, 6.45) is -0.994. The Morgan fingerprint density at radius 2 is 1.23 bits per heavy atom. The smallest absolute Gasteiger partial charge is 0.264 e. The van der Waals surface area contributed by atoms with Crippen LogP contribution in [0.5, 0.6) is 0 Å². The van der Waals surface area contributed by atoms with E-state index in [1.54, 1.807) is 24.3 Å². The number of halogens is 2. The number of aliphatic hydroxyl groups excluding tert-OH is 1. The molecule has 0 fully saturated rings. The molecule has 0 aliphatic heterocycles. The van der Waals surface area contributed by atoms with Gasteiger partial charge in [0.1, 0.15) is 0 Å². The van der Waals surface area contributed by atoms with Gasteiger partial charge in [0.2, 0.25) is 0 Å². The van der Waals surface area contributed by atoms with Gasteiger partial charge in [0, 0.05) is 31.9 Å². The largest absolute Gasteiger partial charge is 0.389 e. The van der Waals surface area contributed by atoms with Crippen molar-refractivity contribution in [3.63, 3.8) is 0 Å². The van der Waals surface area contributed by atoms with E-state index >= 15 is 0 Å². The van der Waals surface area contributed by atoms with Gasteiger partial charge >= 0.3 is 0 Å². The first kappa shape index (κ1) is 23.7. The molecule has 35 heavy (non-hydrogen) atoms. The molecule has 5 nitrogen and oxygen atoms in total. The number of benzene rings is 4. The molecular weight excluding hydrogens is 503 g/mol. The van der Waals surface area contributed by atoms with E-state index in [0.717, 1.165) is 21.8 Å². The lowest BCUT2D eigenvalue weighted by atomic mass is 10.2. The molecule has 1 N–H and O–H groups in total. The minimum atomic E-state index is -3.98. The van der Waals surface area contributed by atoms with Crippen molar-refractivity contribution in [1.82, 2.24) is 4.57 Å². The molecule has 0 aliphatic carbocycles. The molecule has 0 saturated carbocycles. The Balaban J connectivity index is 1.53. The van der Waals surface area contributed by atoms with Crippen molar-refractivity contribution in [2.45, 2.75) is 17.5 Å². The summed E-state index contributed by atoms with van der Waals surface area (Å²) < 4.78 is 30.5. The quantitative estimate of drug-likeness (QED) is 0.269. The third-order valence-corrected chi connectivity index (χ3v) is 8.28. The van der Waals surface area contributed by atoms with Crippen molar-refractivity contribution < 1.29 is 13.5 Å². The van der Waals surface area contributed by atoms with Crippen LogP contribution < -0.4 is 4.31 Å². The molecule has 0 saturated heterocycles. The van der Waals surface area contributed by atoms with Crippen LogP contribution in [0.1, 0.15) is 0 Å². The highest BCUT2D eigenvalue weighted by molar-refractivity contribution is 7.92. The normalized spacial score (nSPS) is 12.8. The highest BCUT2D eigenvalue weighted by Gasteiger charge is 2.28. The summed E-state index contributed by atoms with van der Waals surface area (Å²) in [6.45, 7) is 0.0711. The predicted molar refractivity (Wildman–Crippen MR) is 143 cm³/mol. The van der Waals surface area contributed by atoms with Gasteiger partial charge in [-0.25, -0.2) is 8.42 Å². The summed E-state index contributed by atoms with van der Waals surface area (Å²) in [7, 11) is -3.98. The van der Waals surface area contributed by atoms with E-state index in [0.29, 0.717) is 15.7 Å². The summed E-state index contributed by atoms with van der Waals surface area (Å²) in [6, 6.07) is 28.5. The molecule has 8 heteroatoms. The van der Waals surface area contributed by atoms with Crippen molar-refractivity contribution in [1.29, 1.82) is 0 Å². The van der Waals surface area contributed by atoms with Gasteiger partial charge in [0.05, 0.1) is 29.8 Å². The lowest BCUT2D eigenvalue weighted by Gasteiger charge is -2.27. The van der Waals surface area contributed by atoms with E-state index in [-0.39, 0.29) is 18.0 Å². The topological polar surface area (TPSA) is 62.5 Å². The van der Waals surface area contributed by atoms with E-state index in [1.807, 2.05) is 53.1 Å². The van der Waals surface area contributed by atoms with Gasteiger partial charge in [-0.05, 0) is 60.7 Å². The second-order valence-electron chi connectivity index (χ2n) is 8.27. The van der Waals surface area contributed by atoms with Gasteiger partial charge in [-0.2, -0.15) is 0 Å². The van der Waals surface area contributed by atoms with E-state index < -0.39 is 16.1 Å². The maximum atomic E-state index is 13.6. The summed E-state index contributed by atoms with van der Waals surface area (Å²) in [5, 5.41) is 14.3. The monoisotopic (exact) mass is 524 g/mol. The molecule has 0 aliphatic rings. The predicted octanol–water partition coefficient (Wildman–Crippen LogP) is 6.36. The first-order valence-corrected chi connectivity index (χ1v) is 13.2. The summed E-state index contributed by atoms with van der Waals surface area (Å²) in [5.41, 5.74) is 2.36. The Morgan fingerprint density at radius 1 is 0.743 bits per heavy atom. The molecule has 0 amide bonds. The van der Waals surface area contributed by atoms with Crippen LogP contribution in [-0.4, -0.2) is 30.7 Å². The fourth-order valence-corrected chi connectivity index (χ4v) is 6.10. The molecular formula is C27H22Cl2N2O3S. The number of anilines is 1. The summed E-state index contributed by atoms with van der Waals surface area (Å²) >= 11 is 12.0. The van der Waals surface area contributed by atoms with Crippen LogP contribution >= 0.6 is 23.2 Å². The van der Waals surface area contributed by atoms with Crippen LogP contribution in [0.15, 0.2) is 102 Å². The Morgan fingerprint density at radius 3 is 1.77 bits per heavy atom. The summed E-state index contributed by atoms with van der Waals surface area (Å²) in [4.78, 5) is 0.0842. The molecule has 1 heterocycles. The number of rotatable bonds is 7. The highest BCUT2D eigenvalue weighted by atomic mass is 35.5. The van der Waals surface area contributed by atoms with Gasteiger partial charge in [-0.15, -0.1) is 0 Å². The third-order valence-electron chi connectivity index (χ3n) is 5.97. The average molecular weight is 525 g/mol. The van der Waals surface area contributed by atoms with Gasteiger partial charge in [0.15, 0.2) is 0 Å². The van der Waals surface area contributed by atoms with Crippen molar-refractivity contribution in [2.24, 2.45) is 0 Å². The SMILES string of the molecule is O=S(=O)(c1ccc(Cl)cc1)N(CC(O)Cn1c2ccccc2c2ccccc21)c1ccc(Cl)cc1. The number of aliphatic hydroxyl groups is 1. The van der Waals surface area contributed by atoms with Gasteiger partial charge < -0.3 is 9.67 Å². The average Bonchev–Trinajstić information content (AvgIpc) is 3.17. The summed E-state index contributed by atoms with van der Waals surface area (Å²) in [5.74, 6) is 0. The molecule has 0 radical (unpaired) electrons. The lowest BCUT2D eigenvalue weighted by Crippen LogP contribution is -2.39. The first-order chi connectivity index (χ1) is 16.8. The van der Waals surface area contributed by atoms with Crippen molar-refractivity contribution >= 4 is 60.7 Å². The van der Waals surface area contributed by atoms with Crippen LogP contribution in [0, 0.1) is 0 Å². The second-order valence-corrected chi connectivity index (χ2v) is 11.0. The number of hydrogen-bond acceptors (Lipinski definition) is 3. The zero-order valence-corrected chi connectivity index (χ0v) is 20.9. The molecule has 5 rings (SSSR count). The zero-order valence-electron chi connectivity index (χ0n) is 18.6. The van der Waals surface area contributed by atoms with Gasteiger partial charge in [-0.1, -0.05) is 59.6 Å². The van der Waals surface area contributed by atoms with E-state index in [9.17, 15) is 13.5 Å². The number of fused-ring (bicyclic) bond motifs is 3. The van der Waals surface area contributed by atoms with Crippen LogP contribution in [0.3, 0.4) is 0 Å². The lowest BCUT2D eigenvalue weighted by molar-refractivity contribution is 0.166. The van der Waals surface area contributed by atoms with Gasteiger partial charge in [0.25, 0.3) is 10.0 Å². The fraction of sp³-hybridized carbons (Fsp3) is 0.111. The fourth-order valence-electron chi connectivity index (χ4n) is 4.34. The zero-order chi connectivity index (χ0) is 24.6. The van der Waals surface area contributed by atoms with Crippen LogP contribution in [0.4, 0.5) is 5.69 Å². The van der Waals surface area contributed by atoms with Crippen LogP contribution in [0.25, 0.3) is 21.8 Å². The number of sulfonamides is 1. The molecule has 5 aromatic rings.